The lowest BCUT2D eigenvalue weighted by molar-refractivity contribution is 0.0740. The lowest BCUT2D eigenvalue weighted by Crippen LogP contribution is -2.49. The van der Waals surface area contributed by atoms with E-state index < -0.39 is 16.1 Å². The van der Waals surface area contributed by atoms with Gasteiger partial charge in [0.05, 0.1) is 6.61 Å². The van der Waals surface area contributed by atoms with E-state index in [1.54, 1.807) is 37.5 Å². The van der Waals surface area contributed by atoms with Crippen molar-refractivity contribution < 1.29 is 18.3 Å². The van der Waals surface area contributed by atoms with Crippen molar-refractivity contribution in [3.63, 3.8) is 0 Å². The molecule has 0 spiro atoms. The molecule has 2 aliphatic rings. The Morgan fingerprint density at radius 3 is 2.56 bits per heavy atom. The third kappa shape index (κ3) is 5.78. The Labute approximate surface area is 202 Å². The Kier molecular flexibility index (Phi) is 7.58. The summed E-state index contributed by atoms with van der Waals surface area (Å²) in [4.78, 5) is 6.40. The number of hydrogen-bond donors (Lipinski definition) is 1. The highest BCUT2D eigenvalue weighted by Gasteiger charge is 2.38. The molecule has 2 heterocycles. The van der Waals surface area contributed by atoms with Gasteiger partial charge in [-0.15, -0.1) is 0 Å². The second-order valence-corrected chi connectivity index (χ2v) is 11.4. The maximum atomic E-state index is 13.6. The second kappa shape index (κ2) is 10.4. The van der Waals surface area contributed by atoms with Crippen LogP contribution in [-0.4, -0.2) is 73.1 Å². The fourth-order valence-corrected chi connectivity index (χ4v) is 6.05. The molecular formula is C26H33N3O4S. The highest BCUT2D eigenvalue weighted by atomic mass is 32.2. The Hall–Kier alpha value is -2.44. The summed E-state index contributed by atoms with van der Waals surface area (Å²) in [6.07, 6.45) is 5.71. The van der Waals surface area contributed by atoms with Crippen LogP contribution in [0.25, 0.3) is 0 Å². The molecule has 0 unspecified atom stereocenters. The molecule has 2 aromatic rings. The van der Waals surface area contributed by atoms with Crippen LogP contribution < -0.4 is 4.74 Å². The molecule has 1 aliphatic heterocycles. The summed E-state index contributed by atoms with van der Waals surface area (Å²) in [6.45, 7) is 5.51. The van der Waals surface area contributed by atoms with E-state index in [0.29, 0.717) is 17.9 Å². The number of likely N-dealkylation sites (N-methyl/N-ethyl adjacent to an activating group) is 1. The first-order chi connectivity index (χ1) is 16.3. The van der Waals surface area contributed by atoms with Gasteiger partial charge in [0.2, 0.25) is 10.0 Å². The molecule has 0 bridgehead atoms. The van der Waals surface area contributed by atoms with Crippen molar-refractivity contribution in [3.05, 3.63) is 53.9 Å². The van der Waals surface area contributed by atoms with Crippen LogP contribution in [0.1, 0.15) is 37.8 Å². The van der Waals surface area contributed by atoms with Crippen LogP contribution in [0.4, 0.5) is 0 Å². The van der Waals surface area contributed by atoms with Crippen molar-refractivity contribution in [2.75, 3.05) is 33.3 Å². The summed E-state index contributed by atoms with van der Waals surface area (Å²) in [5.74, 6) is 7.19. The monoisotopic (exact) mass is 483 g/mol. The normalized spacial score (nSPS) is 23.1. The van der Waals surface area contributed by atoms with Gasteiger partial charge in [-0.2, -0.15) is 4.31 Å². The molecule has 1 N–H and O–H groups in total. The fraction of sp³-hybridized carbons (Fsp3) is 0.500. The molecule has 0 amide bonds. The average molecular weight is 484 g/mol. The van der Waals surface area contributed by atoms with Gasteiger partial charge in [0.15, 0.2) is 0 Å². The van der Waals surface area contributed by atoms with Crippen molar-refractivity contribution >= 4 is 10.0 Å². The van der Waals surface area contributed by atoms with Gasteiger partial charge in [0.1, 0.15) is 16.7 Å². The standard InChI is InChI=1S/C26H33N3O4S/c1-19-15-29(20(2)18-30)34(31,32)26-9-8-22(5-4-21-10-12-27-13-11-21)14-24(26)33-25(19)17-28(3)16-23-6-7-23/h8-14,19-20,23,25,30H,6-7,15-18H2,1-3H3/t19-,20+,25-/m1/s1. The summed E-state index contributed by atoms with van der Waals surface area (Å²) < 4.78 is 35.0. The lowest BCUT2D eigenvalue weighted by atomic mass is 10.0. The topological polar surface area (TPSA) is 83.0 Å². The molecular weight excluding hydrogens is 450 g/mol. The van der Waals surface area contributed by atoms with Crippen LogP contribution in [0.15, 0.2) is 47.6 Å². The molecule has 1 aliphatic carbocycles. The summed E-state index contributed by atoms with van der Waals surface area (Å²) in [5, 5.41) is 9.79. The number of sulfonamides is 1. The zero-order chi connectivity index (χ0) is 24.3. The quantitative estimate of drug-likeness (QED) is 0.636. The van der Waals surface area contributed by atoms with Gasteiger partial charge in [0, 0.05) is 55.1 Å². The zero-order valence-corrected chi connectivity index (χ0v) is 20.8. The predicted octanol–water partition coefficient (Wildman–Crippen LogP) is 2.59. The van der Waals surface area contributed by atoms with Gasteiger partial charge in [-0.05, 0) is 63.1 Å². The maximum absolute atomic E-state index is 13.6. The Morgan fingerprint density at radius 1 is 1.18 bits per heavy atom. The number of aliphatic hydroxyl groups excluding tert-OH is 1. The van der Waals surface area contributed by atoms with Crippen LogP contribution in [0.2, 0.25) is 0 Å². The van der Waals surface area contributed by atoms with Gasteiger partial charge >= 0.3 is 0 Å². The molecule has 0 radical (unpaired) electrons. The molecule has 4 rings (SSSR count). The number of aromatic nitrogens is 1. The zero-order valence-electron chi connectivity index (χ0n) is 20.0. The van der Waals surface area contributed by atoms with Gasteiger partial charge < -0.3 is 14.7 Å². The predicted molar refractivity (Wildman–Crippen MR) is 131 cm³/mol. The highest BCUT2D eigenvalue weighted by Crippen LogP contribution is 2.35. The largest absolute Gasteiger partial charge is 0.487 e. The first-order valence-electron chi connectivity index (χ1n) is 11.8. The first kappa shape index (κ1) is 24.7. The summed E-state index contributed by atoms with van der Waals surface area (Å²) in [7, 11) is -1.76. The summed E-state index contributed by atoms with van der Waals surface area (Å²) in [5.41, 5.74) is 1.50. The van der Waals surface area contributed by atoms with Crippen LogP contribution >= 0.6 is 0 Å². The number of fused-ring (bicyclic) bond motifs is 1. The van der Waals surface area contributed by atoms with Gasteiger partial charge in [0.25, 0.3) is 0 Å². The Bertz CT molecular complexity index is 1160. The lowest BCUT2D eigenvalue weighted by Gasteiger charge is -2.37. The molecule has 34 heavy (non-hydrogen) atoms. The van der Waals surface area contributed by atoms with Crippen LogP contribution in [0.3, 0.4) is 0 Å². The number of ether oxygens (including phenoxy) is 1. The molecule has 1 fully saturated rings. The second-order valence-electron chi connectivity index (χ2n) is 9.55. The Morgan fingerprint density at radius 2 is 1.88 bits per heavy atom. The molecule has 1 aromatic heterocycles. The number of nitrogens with zero attached hydrogens (tertiary/aromatic N) is 3. The number of rotatable bonds is 6. The smallest absolute Gasteiger partial charge is 0.247 e. The van der Waals surface area contributed by atoms with Gasteiger partial charge in [-0.25, -0.2) is 8.42 Å². The molecule has 3 atom stereocenters. The first-order valence-corrected chi connectivity index (χ1v) is 13.3. The van der Waals surface area contributed by atoms with Crippen molar-refractivity contribution in [1.29, 1.82) is 0 Å². The van der Waals surface area contributed by atoms with E-state index in [2.05, 4.69) is 28.8 Å². The molecule has 1 aromatic carbocycles. The van der Waals surface area contributed by atoms with Crippen LogP contribution in [-0.2, 0) is 10.0 Å². The molecule has 8 heteroatoms. The van der Waals surface area contributed by atoms with Crippen molar-refractivity contribution in [3.8, 4) is 17.6 Å². The molecule has 182 valence electrons. The SMILES string of the molecule is C[C@@H]1CN([C@@H](C)CO)S(=O)(=O)c2ccc(C#Cc3ccncc3)cc2O[C@@H]1CN(C)CC1CC1. The summed E-state index contributed by atoms with van der Waals surface area (Å²) in [6, 6.07) is 8.10. The van der Waals surface area contributed by atoms with Crippen LogP contribution in [0.5, 0.6) is 5.75 Å². The molecule has 0 saturated heterocycles. The summed E-state index contributed by atoms with van der Waals surface area (Å²) >= 11 is 0. The maximum Gasteiger partial charge on any atom is 0.247 e. The minimum Gasteiger partial charge on any atom is -0.487 e. The van der Waals surface area contributed by atoms with Gasteiger partial charge in [-0.1, -0.05) is 18.8 Å². The van der Waals surface area contributed by atoms with E-state index in [1.807, 2.05) is 19.1 Å². The number of benzene rings is 1. The minimum absolute atomic E-state index is 0.0647. The average Bonchev–Trinajstić information content (AvgIpc) is 3.64. The third-order valence-corrected chi connectivity index (χ3v) is 8.48. The van der Waals surface area contributed by atoms with Crippen molar-refractivity contribution in [1.82, 2.24) is 14.2 Å². The van der Waals surface area contributed by atoms with E-state index in [9.17, 15) is 13.5 Å². The Balaban J connectivity index is 1.71. The van der Waals surface area contributed by atoms with Crippen molar-refractivity contribution in [2.24, 2.45) is 11.8 Å². The third-order valence-electron chi connectivity index (χ3n) is 6.46. The van der Waals surface area contributed by atoms with E-state index in [1.165, 1.54) is 17.1 Å². The molecule has 1 saturated carbocycles. The van der Waals surface area contributed by atoms with E-state index in [-0.39, 0.29) is 30.1 Å². The number of aliphatic hydroxyl groups is 1. The molecule has 7 nitrogen and oxygen atoms in total. The van der Waals surface area contributed by atoms with E-state index >= 15 is 0 Å². The van der Waals surface area contributed by atoms with E-state index in [0.717, 1.165) is 18.0 Å². The number of pyridine rings is 1. The number of hydrogen-bond acceptors (Lipinski definition) is 6. The van der Waals surface area contributed by atoms with Crippen LogP contribution in [0, 0.1) is 23.7 Å². The highest BCUT2D eigenvalue weighted by molar-refractivity contribution is 7.89. The fourth-order valence-electron chi connectivity index (χ4n) is 4.22. The van der Waals surface area contributed by atoms with E-state index in [4.69, 9.17) is 4.74 Å². The van der Waals surface area contributed by atoms with Gasteiger partial charge in [-0.3, -0.25) is 4.98 Å². The minimum atomic E-state index is -3.85. The van der Waals surface area contributed by atoms with Crippen molar-refractivity contribution in [2.45, 2.75) is 43.7 Å².